The van der Waals surface area contributed by atoms with Crippen LogP contribution in [-0.4, -0.2) is 62.0 Å². The van der Waals surface area contributed by atoms with Gasteiger partial charge in [-0.1, -0.05) is 0 Å². The van der Waals surface area contributed by atoms with Crippen molar-refractivity contribution >= 4 is 5.96 Å². The number of guanidine groups is 1. The van der Waals surface area contributed by atoms with E-state index in [1.165, 1.54) is 25.7 Å². The van der Waals surface area contributed by atoms with Crippen LogP contribution >= 0.6 is 0 Å². The molecule has 0 aromatic rings. The minimum absolute atomic E-state index is 0.323. The first kappa shape index (κ1) is 14.8. The van der Waals surface area contributed by atoms with Crippen LogP contribution in [0.1, 0.15) is 39.0 Å². The highest BCUT2D eigenvalue weighted by atomic mass is 16.5. The van der Waals surface area contributed by atoms with Crippen molar-refractivity contribution in [2.45, 2.75) is 57.3 Å². The van der Waals surface area contributed by atoms with Crippen LogP contribution in [0.2, 0.25) is 0 Å². The van der Waals surface area contributed by atoms with E-state index >= 15 is 0 Å². The molecule has 2 bridgehead atoms. The molecule has 22 heavy (non-hydrogen) atoms. The predicted octanol–water partition coefficient (Wildman–Crippen LogP) is 1.63. The summed E-state index contributed by atoms with van der Waals surface area (Å²) in [5.74, 6) is 2.55. The van der Waals surface area contributed by atoms with E-state index in [0.29, 0.717) is 18.3 Å². The van der Waals surface area contributed by atoms with Gasteiger partial charge in [0, 0.05) is 38.1 Å². The van der Waals surface area contributed by atoms with Gasteiger partial charge in [-0.2, -0.15) is 0 Å². The summed E-state index contributed by atoms with van der Waals surface area (Å²) in [6.07, 6.45) is 7.54. The van der Waals surface area contributed by atoms with Crippen molar-refractivity contribution in [3.8, 4) is 0 Å². The summed E-state index contributed by atoms with van der Waals surface area (Å²) in [5.41, 5.74) is 0. The predicted molar refractivity (Wildman–Crippen MR) is 86.0 cm³/mol. The zero-order valence-electron chi connectivity index (χ0n) is 13.7. The number of hydrogen-bond acceptors (Lipinski definition) is 3. The zero-order valence-corrected chi connectivity index (χ0v) is 13.7. The summed E-state index contributed by atoms with van der Waals surface area (Å²) in [4.78, 5) is 7.35. The second-order valence-corrected chi connectivity index (χ2v) is 7.21. The van der Waals surface area contributed by atoms with Crippen molar-refractivity contribution in [2.24, 2.45) is 16.8 Å². The van der Waals surface area contributed by atoms with Crippen molar-refractivity contribution in [2.75, 3.05) is 32.8 Å². The number of hydrogen-bond donors (Lipinski definition) is 1. The number of ether oxygens (including phenoxy) is 2. The first-order valence-corrected chi connectivity index (χ1v) is 9.15. The molecule has 0 amide bonds. The Hall–Kier alpha value is -0.810. The standard InChI is InChI=1S/C17H29N3O2/c1-2-18-17(19-9-12-5-3-4-8-21-12)20-10-13-14(11-20)16-7-6-15(13)22-16/h12-16H,2-11H2,1H3,(H,18,19). The highest BCUT2D eigenvalue weighted by molar-refractivity contribution is 5.80. The summed E-state index contributed by atoms with van der Waals surface area (Å²) in [7, 11) is 0. The molecule has 0 aliphatic carbocycles. The fourth-order valence-electron chi connectivity index (χ4n) is 4.70. The molecule has 5 nitrogen and oxygen atoms in total. The Kier molecular flexibility index (Phi) is 4.27. The molecule has 124 valence electrons. The van der Waals surface area contributed by atoms with Gasteiger partial charge in [0.05, 0.1) is 24.9 Å². The first-order valence-electron chi connectivity index (χ1n) is 9.15. The van der Waals surface area contributed by atoms with E-state index in [-0.39, 0.29) is 0 Å². The Bertz CT molecular complexity index is 404. The maximum Gasteiger partial charge on any atom is 0.194 e. The molecule has 4 aliphatic heterocycles. The van der Waals surface area contributed by atoms with E-state index in [1.807, 2.05) is 0 Å². The lowest BCUT2D eigenvalue weighted by molar-refractivity contribution is 0.0223. The summed E-state index contributed by atoms with van der Waals surface area (Å²) >= 11 is 0. The molecule has 0 spiro atoms. The quantitative estimate of drug-likeness (QED) is 0.636. The third kappa shape index (κ3) is 2.73. The van der Waals surface area contributed by atoms with Crippen molar-refractivity contribution in [1.29, 1.82) is 0 Å². The van der Waals surface area contributed by atoms with Crippen molar-refractivity contribution in [3.05, 3.63) is 0 Å². The molecule has 5 atom stereocenters. The Morgan fingerprint density at radius 1 is 1.14 bits per heavy atom. The summed E-state index contributed by atoms with van der Waals surface area (Å²) in [6.45, 7) is 7.02. The Labute approximate surface area is 133 Å². The molecular formula is C17H29N3O2. The molecule has 0 radical (unpaired) electrons. The molecule has 4 heterocycles. The van der Waals surface area contributed by atoms with Crippen LogP contribution in [0.3, 0.4) is 0 Å². The fourth-order valence-corrected chi connectivity index (χ4v) is 4.70. The third-order valence-corrected chi connectivity index (χ3v) is 5.81. The normalized spacial score (nSPS) is 41.0. The van der Waals surface area contributed by atoms with Crippen LogP contribution in [0.4, 0.5) is 0 Å². The van der Waals surface area contributed by atoms with Crippen LogP contribution in [-0.2, 0) is 9.47 Å². The van der Waals surface area contributed by atoms with Crippen molar-refractivity contribution < 1.29 is 9.47 Å². The fraction of sp³-hybridized carbons (Fsp3) is 0.941. The smallest absolute Gasteiger partial charge is 0.194 e. The Morgan fingerprint density at radius 2 is 1.91 bits per heavy atom. The number of rotatable bonds is 3. The van der Waals surface area contributed by atoms with Gasteiger partial charge >= 0.3 is 0 Å². The molecule has 4 aliphatic rings. The van der Waals surface area contributed by atoms with E-state index < -0.39 is 0 Å². The van der Waals surface area contributed by atoms with Gasteiger partial charge in [0.1, 0.15) is 0 Å². The molecule has 5 heteroatoms. The molecule has 0 aromatic carbocycles. The highest BCUT2D eigenvalue weighted by Crippen LogP contribution is 2.47. The Balaban J connectivity index is 1.39. The summed E-state index contributed by atoms with van der Waals surface area (Å²) in [6, 6.07) is 0. The second kappa shape index (κ2) is 6.36. The lowest BCUT2D eigenvalue weighted by atomic mass is 9.82. The van der Waals surface area contributed by atoms with Crippen molar-refractivity contribution in [1.82, 2.24) is 10.2 Å². The summed E-state index contributed by atoms with van der Waals surface area (Å²) in [5, 5.41) is 3.48. The number of aliphatic imine (C=N–C) groups is 1. The monoisotopic (exact) mass is 307 g/mol. The molecule has 5 unspecified atom stereocenters. The second-order valence-electron chi connectivity index (χ2n) is 7.21. The van der Waals surface area contributed by atoms with E-state index in [9.17, 15) is 0 Å². The van der Waals surface area contributed by atoms with E-state index in [4.69, 9.17) is 14.5 Å². The molecule has 1 N–H and O–H groups in total. The largest absolute Gasteiger partial charge is 0.376 e. The molecule has 4 fully saturated rings. The van der Waals surface area contributed by atoms with Gasteiger partial charge in [-0.05, 0) is 39.0 Å². The van der Waals surface area contributed by atoms with Crippen LogP contribution in [0.5, 0.6) is 0 Å². The van der Waals surface area contributed by atoms with E-state index in [1.54, 1.807) is 0 Å². The van der Waals surface area contributed by atoms with Crippen LogP contribution in [0.25, 0.3) is 0 Å². The molecular weight excluding hydrogens is 278 g/mol. The van der Waals surface area contributed by atoms with Gasteiger partial charge < -0.3 is 19.7 Å². The average molecular weight is 307 g/mol. The van der Waals surface area contributed by atoms with Gasteiger partial charge in [-0.15, -0.1) is 0 Å². The lowest BCUT2D eigenvalue weighted by Gasteiger charge is -2.25. The maximum atomic E-state index is 6.08. The van der Waals surface area contributed by atoms with E-state index in [2.05, 4.69) is 17.1 Å². The molecule has 4 saturated heterocycles. The van der Waals surface area contributed by atoms with Gasteiger partial charge in [-0.25, -0.2) is 0 Å². The number of nitrogens with zero attached hydrogens (tertiary/aromatic N) is 2. The van der Waals surface area contributed by atoms with Gasteiger partial charge in [0.15, 0.2) is 5.96 Å². The minimum Gasteiger partial charge on any atom is -0.376 e. The first-order chi connectivity index (χ1) is 10.8. The number of likely N-dealkylation sites (tertiary alicyclic amines) is 1. The lowest BCUT2D eigenvalue weighted by Crippen LogP contribution is -2.42. The molecule has 0 saturated carbocycles. The number of fused-ring (bicyclic) bond motifs is 5. The highest BCUT2D eigenvalue weighted by Gasteiger charge is 2.53. The summed E-state index contributed by atoms with van der Waals surface area (Å²) < 4.78 is 11.9. The zero-order chi connectivity index (χ0) is 14.9. The van der Waals surface area contributed by atoms with Gasteiger partial charge in [0.2, 0.25) is 0 Å². The van der Waals surface area contributed by atoms with Gasteiger partial charge in [-0.3, -0.25) is 4.99 Å². The number of nitrogens with one attached hydrogen (secondary N) is 1. The maximum absolute atomic E-state index is 6.08. The SMILES string of the molecule is CCNC(=NCC1CCCCO1)N1CC2C3CCC(O3)C2C1. The molecule has 0 aromatic heterocycles. The third-order valence-electron chi connectivity index (χ3n) is 5.81. The topological polar surface area (TPSA) is 46.1 Å². The van der Waals surface area contributed by atoms with E-state index in [0.717, 1.165) is 57.0 Å². The minimum atomic E-state index is 0.323. The van der Waals surface area contributed by atoms with Crippen LogP contribution in [0.15, 0.2) is 4.99 Å². The average Bonchev–Trinajstić information content (AvgIpc) is 3.24. The Morgan fingerprint density at radius 3 is 2.55 bits per heavy atom. The van der Waals surface area contributed by atoms with Crippen LogP contribution < -0.4 is 5.32 Å². The van der Waals surface area contributed by atoms with Crippen molar-refractivity contribution in [3.63, 3.8) is 0 Å². The molecule has 4 rings (SSSR count). The van der Waals surface area contributed by atoms with Gasteiger partial charge in [0.25, 0.3) is 0 Å². The van der Waals surface area contributed by atoms with Crippen LogP contribution in [0, 0.1) is 11.8 Å².